The molecule has 0 bridgehead atoms. The van der Waals surface area contributed by atoms with E-state index in [4.69, 9.17) is 15.2 Å². The van der Waals surface area contributed by atoms with Gasteiger partial charge in [0.05, 0.1) is 20.3 Å². The summed E-state index contributed by atoms with van der Waals surface area (Å²) >= 11 is 0. The molecule has 0 aliphatic rings. The Morgan fingerprint density at radius 2 is 1.71 bits per heavy atom. The van der Waals surface area contributed by atoms with Gasteiger partial charge in [-0.2, -0.15) is 0 Å². The van der Waals surface area contributed by atoms with Crippen molar-refractivity contribution in [1.29, 1.82) is 0 Å². The Morgan fingerprint density at radius 3 is 2.06 bits per heavy atom. The van der Waals surface area contributed by atoms with Gasteiger partial charge in [0.15, 0.2) is 0 Å². The molecule has 0 radical (unpaired) electrons. The molecule has 0 amide bonds. The van der Waals surface area contributed by atoms with E-state index in [0.717, 1.165) is 17.1 Å². The molecule has 0 saturated heterocycles. The van der Waals surface area contributed by atoms with Gasteiger partial charge < -0.3 is 15.2 Å². The third kappa shape index (κ3) is 3.89. The zero-order valence-electron chi connectivity index (χ0n) is 10.9. The van der Waals surface area contributed by atoms with Crippen molar-refractivity contribution in [3.8, 4) is 11.5 Å². The highest BCUT2D eigenvalue weighted by Crippen LogP contribution is 2.26. The van der Waals surface area contributed by atoms with Crippen molar-refractivity contribution in [3.05, 3.63) is 23.8 Å². The Labute approximate surface area is 102 Å². The number of methoxy groups -OCH3 is 2. The highest BCUT2D eigenvalue weighted by molar-refractivity contribution is 5.39. The molecule has 0 spiro atoms. The van der Waals surface area contributed by atoms with Crippen molar-refractivity contribution in [3.63, 3.8) is 0 Å². The maximum atomic E-state index is 5.77. The molecule has 0 fully saturated rings. The van der Waals surface area contributed by atoms with E-state index in [1.165, 1.54) is 0 Å². The predicted molar refractivity (Wildman–Crippen MR) is 68.2 cm³/mol. The summed E-state index contributed by atoms with van der Waals surface area (Å²) in [5, 5.41) is 1.88. The largest absolute Gasteiger partial charge is 0.497 e. The standard InChI is InChI=1S/C12H21N3O2/c1-15(2)14-12(8-13)9-5-10(16-3)7-11(6-9)17-4/h5-7,12,14H,8,13H2,1-4H3. The molecule has 0 aromatic heterocycles. The fourth-order valence-electron chi connectivity index (χ4n) is 1.61. The summed E-state index contributed by atoms with van der Waals surface area (Å²) in [7, 11) is 7.13. The number of hydrogen-bond donors (Lipinski definition) is 2. The summed E-state index contributed by atoms with van der Waals surface area (Å²) in [5.41, 5.74) is 10.1. The lowest BCUT2D eigenvalue weighted by atomic mass is 10.1. The average molecular weight is 239 g/mol. The molecule has 17 heavy (non-hydrogen) atoms. The van der Waals surface area contributed by atoms with E-state index in [0.29, 0.717) is 6.54 Å². The second kappa shape index (κ2) is 6.44. The van der Waals surface area contributed by atoms with E-state index in [1.807, 2.05) is 37.3 Å². The maximum Gasteiger partial charge on any atom is 0.122 e. The third-order valence-corrected chi connectivity index (χ3v) is 2.43. The normalized spacial score (nSPS) is 12.6. The van der Waals surface area contributed by atoms with Crippen LogP contribution in [0.4, 0.5) is 0 Å². The SMILES string of the molecule is COc1cc(OC)cc(C(CN)NN(C)C)c1. The van der Waals surface area contributed by atoms with E-state index in [1.54, 1.807) is 14.2 Å². The molecule has 1 aromatic carbocycles. The zero-order valence-corrected chi connectivity index (χ0v) is 10.9. The summed E-state index contributed by atoms with van der Waals surface area (Å²) in [6.07, 6.45) is 0. The van der Waals surface area contributed by atoms with Crippen LogP contribution in [0.1, 0.15) is 11.6 Å². The monoisotopic (exact) mass is 239 g/mol. The quantitative estimate of drug-likeness (QED) is 0.718. The Bertz CT molecular complexity index is 333. The average Bonchev–Trinajstić information content (AvgIpc) is 2.34. The maximum absolute atomic E-state index is 5.77. The summed E-state index contributed by atoms with van der Waals surface area (Å²) in [4.78, 5) is 0. The van der Waals surface area contributed by atoms with Crippen molar-refractivity contribution in [2.24, 2.45) is 5.73 Å². The molecular formula is C12H21N3O2. The van der Waals surface area contributed by atoms with Gasteiger partial charge in [-0.1, -0.05) is 0 Å². The molecule has 1 rings (SSSR count). The fraction of sp³-hybridized carbons (Fsp3) is 0.500. The first-order valence-electron chi connectivity index (χ1n) is 5.47. The minimum absolute atomic E-state index is 0.0361. The van der Waals surface area contributed by atoms with Crippen LogP contribution >= 0.6 is 0 Å². The van der Waals surface area contributed by atoms with Crippen LogP contribution in [0.25, 0.3) is 0 Å². The molecule has 96 valence electrons. The molecule has 0 aliphatic heterocycles. The summed E-state index contributed by atoms with van der Waals surface area (Å²) in [5.74, 6) is 1.52. The Kier molecular flexibility index (Phi) is 5.21. The van der Waals surface area contributed by atoms with Crippen LogP contribution in [0, 0.1) is 0 Å². The topological polar surface area (TPSA) is 59.8 Å². The van der Waals surface area contributed by atoms with E-state index in [2.05, 4.69) is 5.43 Å². The second-order valence-corrected chi connectivity index (χ2v) is 3.96. The minimum atomic E-state index is 0.0361. The van der Waals surface area contributed by atoms with E-state index in [-0.39, 0.29) is 6.04 Å². The molecule has 0 heterocycles. The van der Waals surface area contributed by atoms with Crippen LogP contribution in [0.3, 0.4) is 0 Å². The molecule has 0 saturated carbocycles. The van der Waals surface area contributed by atoms with Gasteiger partial charge in [0.1, 0.15) is 11.5 Å². The number of hydrogen-bond acceptors (Lipinski definition) is 5. The van der Waals surface area contributed by atoms with Gasteiger partial charge in [0.2, 0.25) is 0 Å². The van der Waals surface area contributed by atoms with Gasteiger partial charge >= 0.3 is 0 Å². The van der Waals surface area contributed by atoms with Gasteiger partial charge in [-0.05, 0) is 17.7 Å². The van der Waals surface area contributed by atoms with E-state index < -0.39 is 0 Å². The first-order chi connectivity index (χ1) is 8.10. The van der Waals surface area contributed by atoms with Crippen LogP contribution in [-0.2, 0) is 0 Å². The number of nitrogens with two attached hydrogens (primary N) is 1. The molecule has 1 unspecified atom stereocenters. The van der Waals surface area contributed by atoms with E-state index in [9.17, 15) is 0 Å². The lowest BCUT2D eigenvalue weighted by Crippen LogP contribution is -2.38. The Hall–Kier alpha value is -1.30. The van der Waals surface area contributed by atoms with Gasteiger partial charge in [0.25, 0.3) is 0 Å². The van der Waals surface area contributed by atoms with E-state index >= 15 is 0 Å². The molecule has 1 aromatic rings. The summed E-state index contributed by atoms with van der Waals surface area (Å²) in [6, 6.07) is 5.79. The number of benzene rings is 1. The van der Waals surface area contributed by atoms with Crippen molar-refractivity contribution in [2.45, 2.75) is 6.04 Å². The van der Waals surface area contributed by atoms with Crippen molar-refractivity contribution >= 4 is 0 Å². The molecule has 0 aliphatic carbocycles. The van der Waals surface area contributed by atoms with Gasteiger partial charge in [-0.3, -0.25) is 0 Å². The number of nitrogens with one attached hydrogen (secondary N) is 1. The van der Waals surface area contributed by atoms with Crippen molar-refractivity contribution in [2.75, 3.05) is 34.9 Å². The zero-order chi connectivity index (χ0) is 12.8. The van der Waals surface area contributed by atoms with Crippen LogP contribution in [0.2, 0.25) is 0 Å². The summed E-state index contributed by atoms with van der Waals surface area (Å²) < 4.78 is 10.5. The van der Waals surface area contributed by atoms with Gasteiger partial charge in [-0.25, -0.2) is 10.4 Å². The van der Waals surface area contributed by atoms with Crippen LogP contribution in [-0.4, -0.2) is 39.9 Å². The van der Waals surface area contributed by atoms with Crippen LogP contribution in [0.5, 0.6) is 11.5 Å². The van der Waals surface area contributed by atoms with Crippen molar-refractivity contribution in [1.82, 2.24) is 10.4 Å². The van der Waals surface area contributed by atoms with Gasteiger partial charge in [0, 0.05) is 26.7 Å². The molecule has 1 atom stereocenters. The number of rotatable bonds is 6. The highest BCUT2D eigenvalue weighted by atomic mass is 16.5. The first kappa shape index (κ1) is 13.8. The third-order valence-electron chi connectivity index (χ3n) is 2.43. The molecule has 5 nitrogen and oxygen atoms in total. The predicted octanol–water partition coefficient (Wildman–Crippen LogP) is 0.770. The lowest BCUT2D eigenvalue weighted by molar-refractivity contribution is 0.245. The molecular weight excluding hydrogens is 218 g/mol. The lowest BCUT2D eigenvalue weighted by Gasteiger charge is -2.22. The number of hydrazine groups is 1. The minimum Gasteiger partial charge on any atom is -0.497 e. The Balaban J connectivity index is 3.00. The Morgan fingerprint density at radius 1 is 1.18 bits per heavy atom. The van der Waals surface area contributed by atoms with Crippen LogP contribution in [0.15, 0.2) is 18.2 Å². The van der Waals surface area contributed by atoms with Gasteiger partial charge in [-0.15, -0.1) is 0 Å². The second-order valence-electron chi connectivity index (χ2n) is 3.96. The highest BCUT2D eigenvalue weighted by Gasteiger charge is 2.12. The number of nitrogens with zero attached hydrogens (tertiary/aromatic N) is 1. The molecule has 3 N–H and O–H groups in total. The number of ether oxygens (including phenoxy) is 2. The first-order valence-corrected chi connectivity index (χ1v) is 5.47. The smallest absolute Gasteiger partial charge is 0.122 e. The molecule has 5 heteroatoms. The van der Waals surface area contributed by atoms with Crippen molar-refractivity contribution < 1.29 is 9.47 Å². The summed E-state index contributed by atoms with van der Waals surface area (Å²) in [6.45, 7) is 0.495. The van der Waals surface area contributed by atoms with Crippen LogP contribution < -0.4 is 20.6 Å². The fourth-order valence-corrected chi connectivity index (χ4v) is 1.61.